The topological polar surface area (TPSA) is 67.8 Å². The summed E-state index contributed by atoms with van der Waals surface area (Å²) in [4.78, 5) is 11.5. The normalized spacial score (nSPS) is 12.8. The number of hydrogen-bond acceptors (Lipinski definition) is 4. The first kappa shape index (κ1) is 17.5. The van der Waals surface area contributed by atoms with Gasteiger partial charge in [-0.3, -0.25) is 0 Å². The van der Waals surface area contributed by atoms with Gasteiger partial charge in [-0.15, -0.1) is 0 Å². The molecule has 0 aliphatic rings. The molecule has 5 nitrogen and oxygen atoms in total. The molecule has 118 valence electrons. The number of rotatable bonds is 7. The molecule has 0 saturated carbocycles. The van der Waals surface area contributed by atoms with Crippen LogP contribution in [0.2, 0.25) is 0 Å². The lowest BCUT2D eigenvalue weighted by atomic mass is 10.2. The van der Waals surface area contributed by atoms with Gasteiger partial charge in [-0.25, -0.2) is 4.79 Å². The standard InChI is InChI=1S/C16H25NO4/c1-16(2,3)21-15(19)17-9-14(10-18)12-20-11-13-7-5-4-6-8-13/h4-8,14,18H,9-12H2,1-3H3,(H,17,19)/t14-/m1/s1. The van der Waals surface area contributed by atoms with Gasteiger partial charge in [0.1, 0.15) is 5.60 Å². The van der Waals surface area contributed by atoms with Crippen LogP contribution in [0, 0.1) is 5.92 Å². The maximum absolute atomic E-state index is 11.5. The van der Waals surface area contributed by atoms with Crippen molar-refractivity contribution >= 4 is 6.09 Å². The van der Waals surface area contributed by atoms with Crippen LogP contribution in [0.3, 0.4) is 0 Å². The Morgan fingerprint density at radius 1 is 1.29 bits per heavy atom. The summed E-state index contributed by atoms with van der Waals surface area (Å²) in [5.41, 5.74) is 0.553. The number of aliphatic hydroxyl groups is 1. The highest BCUT2D eigenvalue weighted by atomic mass is 16.6. The molecule has 0 saturated heterocycles. The van der Waals surface area contributed by atoms with Crippen LogP contribution in [-0.4, -0.2) is 36.6 Å². The Morgan fingerprint density at radius 2 is 1.95 bits per heavy atom. The first-order chi connectivity index (χ1) is 9.90. The quantitative estimate of drug-likeness (QED) is 0.810. The minimum Gasteiger partial charge on any atom is -0.444 e. The molecule has 0 bridgehead atoms. The van der Waals surface area contributed by atoms with Crippen molar-refractivity contribution in [3.05, 3.63) is 35.9 Å². The smallest absolute Gasteiger partial charge is 0.407 e. The molecule has 1 aromatic carbocycles. The van der Waals surface area contributed by atoms with Gasteiger partial charge in [0, 0.05) is 19.1 Å². The highest BCUT2D eigenvalue weighted by Crippen LogP contribution is 2.07. The summed E-state index contributed by atoms with van der Waals surface area (Å²) in [5.74, 6) is -0.152. The Morgan fingerprint density at radius 3 is 2.52 bits per heavy atom. The van der Waals surface area contributed by atoms with E-state index in [1.165, 1.54) is 0 Å². The Kier molecular flexibility index (Phi) is 7.19. The third kappa shape index (κ3) is 8.32. The Labute approximate surface area is 126 Å². The number of benzene rings is 1. The van der Waals surface area contributed by atoms with Crippen LogP contribution in [-0.2, 0) is 16.1 Å². The minimum absolute atomic E-state index is 0.0510. The van der Waals surface area contributed by atoms with E-state index >= 15 is 0 Å². The molecule has 0 radical (unpaired) electrons. The van der Waals surface area contributed by atoms with E-state index in [0.717, 1.165) is 5.56 Å². The molecular weight excluding hydrogens is 270 g/mol. The molecule has 0 aliphatic carbocycles. The molecule has 5 heteroatoms. The lowest BCUT2D eigenvalue weighted by Gasteiger charge is -2.21. The van der Waals surface area contributed by atoms with Crippen molar-refractivity contribution in [1.29, 1.82) is 0 Å². The van der Waals surface area contributed by atoms with Crippen molar-refractivity contribution in [2.24, 2.45) is 5.92 Å². The van der Waals surface area contributed by atoms with E-state index in [1.54, 1.807) is 20.8 Å². The fraction of sp³-hybridized carbons (Fsp3) is 0.562. The van der Waals surface area contributed by atoms with Crippen LogP contribution in [0.5, 0.6) is 0 Å². The molecule has 1 atom stereocenters. The van der Waals surface area contributed by atoms with Crippen LogP contribution in [0.1, 0.15) is 26.3 Å². The van der Waals surface area contributed by atoms with E-state index in [9.17, 15) is 9.90 Å². The Bertz CT molecular complexity index is 414. The zero-order valence-electron chi connectivity index (χ0n) is 13.0. The van der Waals surface area contributed by atoms with Crippen LogP contribution in [0.4, 0.5) is 4.79 Å². The number of alkyl carbamates (subject to hydrolysis) is 1. The molecule has 0 aromatic heterocycles. The molecule has 21 heavy (non-hydrogen) atoms. The van der Waals surface area contributed by atoms with E-state index < -0.39 is 11.7 Å². The first-order valence-corrected chi connectivity index (χ1v) is 7.10. The van der Waals surface area contributed by atoms with E-state index in [1.807, 2.05) is 30.3 Å². The first-order valence-electron chi connectivity index (χ1n) is 7.10. The predicted molar refractivity (Wildman–Crippen MR) is 80.9 cm³/mol. The fourth-order valence-corrected chi connectivity index (χ4v) is 1.64. The van der Waals surface area contributed by atoms with E-state index in [-0.39, 0.29) is 12.5 Å². The largest absolute Gasteiger partial charge is 0.444 e. The average Bonchev–Trinajstić information content (AvgIpc) is 2.42. The van der Waals surface area contributed by atoms with Gasteiger partial charge in [-0.2, -0.15) is 0 Å². The van der Waals surface area contributed by atoms with Gasteiger partial charge >= 0.3 is 6.09 Å². The average molecular weight is 295 g/mol. The summed E-state index contributed by atoms with van der Waals surface area (Å²) in [6, 6.07) is 9.81. The molecule has 1 aromatic rings. The van der Waals surface area contributed by atoms with Gasteiger partial charge in [-0.05, 0) is 26.3 Å². The zero-order chi connectivity index (χ0) is 15.7. The lowest BCUT2D eigenvalue weighted by Crippen LogP contribution is -2.37. The van der Waals surface area contributed by atoms with Crippen molar-refractivity contribution in [1.82, 2.24) is 5.32 Å². The molecule has 0 heterocycles. The summed E-state index contributed by atoms with van der Waals surface area (Å²) >= 11 is 0. The maximum Gasteiger partial charge on any atom is 0.407 e. The lowest BCUT2D eigenvalue weighted by molar-refractivity contribution is 0.0432. The van der Waals surface area contributed by atoms with Gasteiger partial charge < -0.3 is 19.9 Å². The molecule has 2 N–H and O–H groups in total. The number of carbonyl (C=O) groups excluding carboxylic acids is 1. The number of aliphatic hydroxyl groups excluding tert-OH is 1. The highest BCUT2D eigenvalue weighted by molar-refractivity contribution is 5.67. The molecule has 0 spiro atoms. The van der Waals surface area contributed by atoms with Crippen LogP contribution in [0.15, 0.2) is 30.3 Å². The SMILES string of the molecule is CC(C)(C)OC(=O)NC[C@H](CO)COCc1ccccc1. The molecule has 1 rings (SSSR count). The number of hydrogen-bond donors (Lipinski definition) is 2. The van der Waals surface area contributed by atoms with E-state index in [4.69, 9.17) is 9.47 Å². The number of nitrogens with one attached hydrogen (secondary N) is 1. The van der Waals surface area contributed by atoms with Gasteiger partial charge in [0.15, 0.2) is 0 Å². The van der Waals surface area contributed by atoms with Gasteiger partial charge in [0.2, 0.25) is 0 Å². The molecule has 0 unspecified atom stereocenters. The third-order valence-corrected chi connectivity index (χ3v) is 2.66. The summed E-state index contributed by atoms with van der Waals surface area (Å²) in [7, 11) is 0. The van der Waals surface area contributed by atoms with Crippen molar-refractivity contribution in [3.63, 3.8) is 0 Å². The van der Waals surface area contributed by atoms with Crippen molar-refractivity contribution < 1.29 is 19.4 Å². The predicted octanol–water partition coefficient (Wildman–Crippen LogP) is 2.34. The second-order valence-corrected chi connectivity index (χ2v) is 5.93. The maximum atomic E-state index is 11.5. The fourth-order valence-electron chi connectivity index (χ4n) is 1.64. The number of ether oxygens (including phenoxy) is 2. The number of carbonyl (C=O) groups is 1. The number of amides is 1. The monoisotopic (exact) mass is 295 g/mol. The Hall–Kier alpha value is -1.59. The second kappa shape index (κ2) is 8.64. The van der Waals surface area contributed by atoms with E-state index in [2.05, 4.69) is 5.32 Å². The summed E-state index contributed by atoms with van der Waals surface area (Å²) in [6.07, 6.45) is -0.482. The molecule has 1 amide bonds. The van der Waals surface area contributed by atoms with Gasteiger partial charge in [-0.1, -0.05) is 30.3 Å². The van der Waals surface area contributed by atoms with Crippen molar-refractivity contribution in [3.8, 4) is 0 Å². The van der Waals surface area contributed by atoms with Crippen LogP contribution in [0.25, 0.3) is 0 Å². The van der Waals surface area contributed by atoms with Crippen molar-refractivity contribution in [2.75, 3.05) is 19.8 Å². The highest BCUT2D eigenvalue weighted by Gasteiger charge is 2.17. The summed E-state index contributed by atoms with van der Waals surface area (Å²) in [6.45, 7) is 6.55. The van der Waals surface area contributed by atoms with E-state index in [0.29, 0.717) is 19.8 Å². The zero-order valence-corrected chi connectivity index (χ0v) is 13.0. The summed E-state index contributed by atoms with van der Waals surface area (Å²) in [5, 5.41) is 11.9. The molecule has 0 aliphatic heterocycles. The van der Waals surface area contributed by atoms with Gasteiger partial charge in [0.25, 0.3) is 0 Å². The Balaban J connectivity index is 2.24. The summed E-state index contributed by atoms with van der Waals surface area (Å²) < 4.78 is 10.7. The van der Waals surface area contributed by atoms with Crippen molar-refractivity contribution in [2.45, 2.75) is 33.0 Å². The molecular formula is C16H25NO4. The third-order valence-electron chi connectivity index (χ3n) is 2.66. The second-order valence-electron chi connectivity index (χ2n) is 5.93. The van der Waals surface area contributed by atoms with Gasteiger partial charge in [0.05, 0.1) is 13.2 Å². The van der Waals surface area contributed by atoms with Crippen LogP contribution >= 0.6 is 0 Å². The minimum atomic E-state index is -0.525. The van der Waals surface area contributed by atoms with Crippen LogP contribution < -0.4 is 5.32 Å². The molecule has 0 fully saturated rings.